The third kappa shape index (κ3) is 3.80. The van der Waals surface area contributed by atoms with Gasteiger partial charge in [-0.15, -0.1) is 0 Å². The van der Waals surface area contributed by atoms with E-state index in [0.29, 0.717) is 4.47 Å². The lowest BCUT2D eigenvalue weighted by Gasteiger charge is -2.10. The van der Waals surface area contributed by atoms with E-state index in [-0.39, 0.29) is 17.9 Å². The van der Waals surface area contributed by atoms with Gasteiger partial charge in [0.25, 0.3) is 0 Å². The van der Waals surface area contributed by atoms with Gasteiger partial charge in [-0.05, 0) is 33.6 Å². The fourth-order valence-electron chi connectivity index (χ4n) is 1.64. The second kappa shape index (κ2) is 6.86. The molecule has 6 heteroatoms. The molecule has 0 saturated carbocycles. The van der Waals surface area contributed by atoms with Crippen molar-refractivity contribution in [2.45, 2.75) is 6.61 Å². The van der Waals surface area contributed by atoms with Crippen LogP contribution in [0, 0.1) is 17.1 Å². The first-order chi connectivity index (χ1) is 10.1. The minimum absolute atomic E-state index is 0.0514. The molecule has 1 N–H and O–H groups in total. The maximum Gasteiger partial charge on any atom is 0.412 e. The summed E-state index contributed by atoms with van der Waals surface area (Å²) in [6.07, 6.45) is -0.762. The van der Waals surface area contributed by atoms with Crippen LogP contribution >= 0.6 is 15.9 Å². The Labute approximate surface area is 129 Å². The van der Waals surface area contributed by atoms with Crippen molar-refractivity contribution in [3.8, 4) is 6.07 Å². The van der Waals surface area contributed by atoms with Crippen molar-refractivity contribution in [2.24, 2.45) is 0 Å². The average molecular weight is 349 g/mol. The normalized spacial score (nSPS) is 9.76. The Balaban J connectivity index is 2.07. The lowest BCUT2D eigenvalue weighted by molar-refractivity contribution is 0.155. The number of anilines is 1. The van der Waals surface area contributed by atoms with E-state index in [2.05, 4.69) is 21.2 Å². The molecular formula is C15H10BrFN2O2. The summed E-state index contributed by atoms with van der Waals surface area (Å²) in [5, 5.41) is 11.3. The van der Waals surface area contributed by atoms with Crippen LogP contribution in [0.4, 0.5) is 14.9 Å². The largest absolute Gasteiger partial charge is 0.444 e. The summed E-state index contributed by atoms with van der Waals surface area (Å²) < 4.78 is 18.9. The molecule has 0 aliphatic carbocycles. The van der Waals surface area contributed by atoms with Gasteiger partial charge in [-0.2, -0.15) is 5.26 Å². The van der Waals surface area contributed by atoms with E-state index in [0.717, 1.165) is 11.6 Å². The molecule has 0 spiro atoms. The molecule has 4 nitrogen and oxygen atoms in total. The zero-order valence-electron chi connectivity index (χ0n) is 10.8. The number of nitriles is 1. The highest BCUT2D eigenvalue weighted by molar-refractivity contribution is 9.10. The quantitative estimate of drug-likeness (QED) is 0.903. The number of nitrogens with one attached hydrogen (secondary N) is 1. The van der Waals surface area contributed by atoms with Crippen LogP contribution in [0.5, 0.6) is 0 Å². The zero-order valence-corrected chi connectivity index (χ0v) is 12.4. The second-order valence-electron chi connectivity index (χ2n) is 4.08. The summed E-state index contributed by atoms with van der Waals surface area (Å²) in [5.74, 6) is -0.709. The molecule has 106 valence electrons. The van der Waals surface area contributed by atoms with Crippen molar-refractivity contribution in [3.05, 3.63) is 63.9 Å². The van der Waals surface area contributed by atoms with Crippen LogP contribution in [0.25, 0.3) is 0 Å². The van der Waals surface area contributed by atoms with Gasteiger partial charge in [0.15, 0.2) is 0 Å². The number of carbonyl (C=O) groups is 1. The number of hydrogen-bond donors (Lipinski definition) is 1. The second-order valence-corrected chi connectivity index (χ2v) is 4.93. The van der Waals surface area contributed by atoms with Gasteiger partial charge in [-0.3, -0.25) is 5.32 Å². The molecule has 2 aromatic rings. The Kier molecular flexibility index (Phi) is 4.90. The Morgan fingerprint density at radius 2 is 2.00 bits per heavy atom. The Hall–Kier alpha value is -2.39. The van der Waals surface area contributed by atoms with Crippen LogP contribution in [-0.4, -0.2) is 6.09 Å². The average Bonchev–Trinajstić information content (AvgIpc) is 2.50. The van der Waals surface area contributed by atoms with Crippen LogP contribution in [0.3, 0.4) is 0 Å². The number of benzene rings is 2. The van der Waals surface area contributed by atoms with E-state index in [4.69, 9.17) is 10.00 Å². The molecule has 0 radical (unpaired) electrons. The van der Waals surface area contributed by atoms with E-state index in [1.807, 2.05) is 30.3 Å². The Morgan fingerprint density at radius 1 is 1.29 bits per heavy atom. The van der Waals surface area contributed by atoms with Crippen molar-refractivity contribution in [1.29, 1.82) is 5.26 Å². The van der Waals surface area contributed by atoms with Crippen LogP contribution in [0.15, 0.2) is 46.9 Å². The van der Waals surface area contributed by atoms with Gasteiger partial charge in [-0.1, -0.05) is 30.3 Å². The zero-order chi connectivity index (χ0) is 15.2. The number of amides is 1. The standard InChI is InChI=1S/C15H10BrFN2O2/c16-12-6-7-13(17)11(8-18)14(12)19-15(20)21-9-10-4-2-1-3-5-10/h1-7H,9H2,(H,19,20). The molecule has 2 aromatic carbocycles. The maximum atomic E-state index is 13.5. The van der Waals surface area contributed by atoms with Crippen molar-refractivity contribution >= 4 is 27.7 Å². The van der Waals surface area contributed by atoms with Crippen molar-refractivity contribution in [3.63, 3.8) is 0 Å². The molecule has 0 fully saturated rings. The summed E-state index contributed by atoms with van der Waals surface area (Å²) in [6, 6.07) is 13.4. The predicted octanol–water partition coefficient (Wildman–Crippen LogP) is 4.21. The molecule has 0 aliphatic heterocycles. The highest BCUT2D eigenvalue weighted by Gasteiger charge is 2.15. The van der Waals surface area contributed by atoms with Crippen LogP contribution in [-0.2, 0) is 11.3 Å². The van der Waals surface area contributed by atoms with E-state index in [9.17, 15) is 9.18 Å². The molecule has 0 saturated heterocycles. The first kappa shape index (κ1) is 15.0. The maximum absolute atomic E-state index is 13.5. The molecule has 1 amide bonds. The third-order valence-electron chi connectivity index (χ3n) is 2.66. The minimum Gasteiger partial charge on any atom is -0.444 e. The summed E-state index contributed by atoms with van der Waals surface area (Å²) in [7, 11) is 0. The van der Waals surface area contributed by atoms with Gasteiger partial charge in [0.05, 0.1) is 5.69 Å². The molecule has 0 unspecified atom stereocenters. The van der Waals surface area contributed by atoms with Gasteiger partial charge in [0.1, 0.15) is 24.1 Å². The van der Waals surface area contributed by atoms with Crippen LogP contribution in [0.1, 0.15) is 11.1 Å². The van der Waals surface area contributed by atoms with E-state index in [1.165, 1.54) is 6.07 Å². The molecule has 21 heavy (non-hydrogen) atoms. The van der Waals surface area contributed by atoms with E-state index in [1.54, 1.807) is 6.07 Å². The van der Waals surface area contributed by atoms with E-state index < -0.39 is 11.9 Å². The van der Waals surface area contributed by atoms with Crippen LogP contribution in [0.2, 0.25) is 0 Å². The number of carbonyl (C=O) groups excluding carboxylic acids is 1. The fourth-order valence-corrected chi connectivity index (χ4v) is 2.07. The van der Waals surface area contributed by atoms with Crippen LogP contribution < -0.4 is 5.32 Å². The molecule has 0 aliphatic rings. The van der Waals surface area contributed by atoms with E-state index >= 15 is 0 Å². The molecule has 0 atom stereocenters. The smallest absolute Gasteiger partial charge is 0.412 e. The molecule has 0 heterocycles. The van der Waals surface area contributed by atoms with Crippen molar-refractivity contribution in [1.82, 2.24) is 0 Å². The molecule has 2 rings (SSSR count). The molecule has 0 aromatic heterocycles. The number of halogens is 2. The number of nitrogens with zero attached hydrogens (tertiary/aromatic N) is 1. The lowest BCUT2D eigenvalue weighted by Crippen LogP contribution is -2.15. The lowest BCUT2D eigenvalue weighted by atomic mass is 10.2. The van der Waals surface area contributed by atoms with Gasteiger partial charge < -0.3 is 4.74 Å². The summed E-state index contributed by atoms with van der Waals surface area (Å²) in [5.41, 5.74) is 0.628. The number of ether oxygens (including phenoxy) is 1. The summed E-state index contributed by atoms with van der Waals surface area (Å²) >= 11 is 3.16. The number of rotatable bonds is 3. The monoisotopic (exact) mass is 348 g/mol. The molecular weight excluding hydrogens is 339 g/mol. The molecule has 0 bridgehead atoms. The predicted molar refractivity (Wildman–Crippen MR) is 79.1 cm³/mol. The van der Waals surface area contributed by atoms with Gasteiger partial charge >= 0.3 is 6.09 Å². The summed E-state index contributed by atoms with van der Waals surface area (Å²) in [4.78, 5) is 11.7. The van der Waals surface area contributed by atoms with Gasteiger partial charge in [0.2, 0.25) is 0 Å². The fraction of sp³-hybridized carbons (Fsp3) is 0.0667. The first-order valence-corrected chi connectivity index (χ1v) is 6.77. The first-order valence-electron chi connectivity index (χ1n) is 5.97. The topological polar surface area (TPSA) is 62.1 Å². The van der Waals surface area contributed by atoms with Crippen molar-refractivity contribution in [2.75, 3.05) is 5.32 Å². The number of hydrogen-bond acceptors (Lipinski definition) is 3. The highest BCUT2D eigenvalue weighted by atomic mass is 79.9. The highest BCUT2D eigenvalue weighted by Crippen LogP contribution is 2.28. The van der Waals surface area contributed by atoms with Crippen molar-refractivity contribution < 1.29 is 13.9 Å². The minimum atomic E-state index is -0.762. The van der Waals surface area contributed by atoms with Gasteiger partial charge in [0, 0.05) is 4.47 Å². The third-order valence-corrected chi connectivity index (χ3v) is 3.32. The Bertz CT molecular complexity index is 699. The van der Waals surface area contributed by atoms with Gasteiger partial charge in [-0.25, -0.2) is 9.18 Å². The SMILES string of the molecule is N#Cc1c(F)ccc(Br)c1NC(=O)OCc1ccccc1. The Morgan fingerprint density at radius 3 is 2.67 bits per heavy atom. The summed E-state index contributed by atoms with van der Waals surface area (Å²) in [6.45, 7) is 0.0848.